The van der Waals surface area contributed by atoms with E-state index >= 15 is 0 Å². The minimum absolute atomic E-state index is 0.235. The summed E-state index contributed by atoms with van der Waals surface area (Å²) in [5.74, 6) is 1.22. The fraction of sp³-hybridized carbons (Fsp3) is 0.300. The number of hydrogen-bond acceptors (Lipinski definition) is 4. The Morgan fingerprint density at radius 3 is 2.19 bits per heavy atom. The highest BCUT2D eigenvalue weighted by atomic mass is 19.4. The molecule has 7 heteroatoms. The molecule has 0 bridgehead atoms. The summed E-state index contributed by atoms with van der Waals surface area (Å²) >= 11 is 0. The standard InChI is InChI=1S/C20H22F3NO3/c1-2-25-19(11-12-24)13-15-3-7-17(8-4-15)26-14-16-5-9-18(10-6-16)27-20(21,22)23/h3-10,13H,2,11-12,14,24H2,1H3. The number of rotatable bonds is 9. The van der Waals surface area contributed by atoms with Gasteiger partial charge in [0.15, 0.2) is 0 Å². The quantitative estimate of drug-likeness (QED) is 0.629. The molecule has 0 saturated heterocycles. The van der Waals surface area contributed by atoms with Gasteiger partial charge in [0.25, 0.3) is 0 Å². The fourth-order valence-corrected chi connectivity index (χ4v) is 2.31. The first kappa shape index (κ1) is 20.6. The van der Waals surface area contributed by atoms with Gasteiger partial charge in [-0.2, -0.15) is 0 Å². The van der Waals surface area contributed by atoms with E-state index < -0.39 is 6.36 Å². The molecule has 4 nitrogen and oxygen atoms in total. The van der Waals surface area contributed by atoms with Crippen molar-refractivity contribution in [2.24, 2.45) is 5.73 Å². The van der Waals surface area contributed by atoms with Gasteiger partial charge >= 0.3 is 6.36 Å². The molecule has 0 saturated carbocycles. The summed E-state index contributed by atoms with van der Waals surface area (Å²) in [5.41, 5.74) is 7.26. The van der Waals surface area contributed by atoms with Crippen LogP contribution in [0, 0.1) is 0 Å². The predicted molar refractivity (Wildman–Crippen MR) is 97.2 cm³/mol. The Morgan fingerprint density at radius 1 is 1.00 bits per heavy atom. The lowest BCUT2D eigenvalue weighted by molar-refractivity contribution is -0.274. The van der Waals surface area contributed by atoms with E-state index in [9.17, 15) is 13.2 Å². The highest BCUT2D eigenvalue weighted by molar-refractivity contribution is 5.52. The maximum atomic E-state index is 12.1. The van der Waals surface area contributed by atoms with E-state index in [0.29, 0.717) is 25.3 Å². The van der Waals surface area contributed by atoms with E-state index in [1.165, 1.54) is 24.3 Å². The molecule has 146 valence electrons. The number of benzene rings is 2. The van der Waals surface area contributed by atoms with Gasteiger partial charge in [-0.05, 0) is 54.9 Å². The van der Waals surface area contributed by atoms with Crippen molar-refractivity contribution in [3.8, 4) is 11.5 Å². The first-order valence-electron chi connectivity index (χ1n) is 8.50. The van der Waals surface area contributed by atoms with Crippen LogP contribution < -0.4 is 15.2 Å². The van der Waals surface area contributed by atoms with Gasteiger partial charge in [-0.25, -0.2) is 0 Å². The van der Waals surface area contributed by atoms with Gasteiger partial charge in [0.1, 0.15) is 18.1 Å². The van der Waals surface area contributed by atoms with Crippen molar-refractivity contribution in [3.05, 3.63) is 65.4 Å². The number of ether oxygens (including phenoxy) is 3. The lowest BCUT2D eigenvalue weighted by atomic mass is 10.1. The average Bonchev–Trinajstić information content (AvgIpc) is 2.61. The topological polar surface area (TPSA) is 53.7 Å². The highest BCUT2D eigenvalue weighted by Gasteiger charge is 2.30. The van der Waals surface area contributed by atoms with Crippen LogP contribution in [-0.2, 0) is 11.3 Å². The zero-order chi connectivity index (χ0) is 19.7. The van der Waals surface area contributed by atoms with Gasteiger partial charge in [0.05, 0.1) is 12.4 Å². The maximum absolute atomic E-state index is 12.1. The molecule has 0 aliphatic rings. The van der Waals surface area contributed by atoms with Gasteiger partial charge < -0.3 is 19.9 Å². The van der Waals surface area contributed by atoms with Crippen LogP contribution >= 0.6 is 0 Å². The molecule has 0 heterocycles. The van der Waals surface area contributed by atoms with Crippen LogP contribution in [-0.4, -0.2) is 19.5 Å². The Kier molecular flexibility index (Phi) is 7.55. The van der Waals surface area contributed by atoms with E-state index in [2.05, 4.69) is 4.74 Å². The molecule has 2 rings (SSSR count). The summed E-state index contributed by atoms with van der Waals surface area (Å²) < 4.78 is 51.5. The predicted octanol–water partition coefficient (Wildman–Crippen LogP) is 4.89. The molecule has 0 aliphatic carbocycles. The average molecular weight is 381 g/mol. The van der Waals surface area contributed by atoms with Gasteiger partial charge in [-0.3, -0.25) is 0 Å². The number of hydrogen-bond donors (Lipinski definition) is 1. The largest absolute Gasteiger partial charge is 0.573 e. The molecular formula is C20H22F3NO3. The minimum atomic E-state index is -4.69. The molecule has 0 unspecified atom stereocenters. The Morgan fingerprint density at radius 2 is 1.63 bits per heavy atom. The van der Waals surface area contributed by atoms with Crippen LogP contribution in [0.4, 0.5) is 13.2 Å². The van der Waals surface area contributed by atoms with E-state index in [1.807, 2.05) is 37.3 Å². The van der Waals surface area contributed by atoms with Crippen LogP contribution in [0.25, 0.3) is 6.08 Å². The van der Waals surface area contributed by atoms with E-state index in [4.69, 9.17) is 15.2 Å². The van der Waals surface area contributed by atoms with Crippen LogP contribution in [0.2, 0.25) is 0 Å². The van der Waals surface area contributed by atoms with E-state index in [-0.39, 0.29) is 12.4 Å². The number of nitrogens with two attached hydrogens (primary N) is 1. The SMILES string of the molecule is CCOC(=Cc1ccc(OCc2ccc(OC(F)(F)F)cc2)cc1)CCN. The normalized spacial score (nSPS) is 12.0. The van der Waals surface area contributed by atoms with Crippen molar-refractivity contribution in [1.82, 2.24) is 0 Å². The third-order valence-electron chi connectivity index (χ3n) is 3.49. The van der Waals surface area contributed by atoms with Crippen molar-refractivity contribution in [2.75, 3.05) is 13.2 Å². The molecule has 0 radical (unpaired) electrons. The van der Waals surface area contributed by atoms with Gasteiger partial charge in [0, 0.05) is 6.42 Å². The summed E-state index contributed by atoms with van der Waals surface area (Å²) in [6.45, 7) is 3.25. The van der Waals surface area contributed by atoms with E-state index in [1.54, 1.807) is 0 Å². The maximum Gasteiger partial charge on any atom is 0.573 e. The fourth-order valence-electron chi connectivity index (χ4n) is 2.31. The van der Waals surface area contributed by atoms with Crippen molar-refractivity contribution >= 4 is 6.08 Å². The summed E-state index contributed by atoms with van der Waals surface area (Å²) in [6.07, 6.45) is -2.10. The van der Waals surface area contributed by atoms with Gasteiger partial charge in [-0.1, -0.05) is 24.3 Å². The Labute approximate surface area is 156 Å². The molecule has 2 N–H and O–H groups in total. The summed E-state index contributed by atoms with van der Waals surface area (Å²) in [4.78, 5) is 0. The Hall–Kier alpha value is -2.67. The Balaban J connectivity index is 1.92. The van der Waals surface area contributed by atoms with Crippen molar-refractivity contribution < 1.29 is 27.4 Å². The first-order chi connectivity index (χ1) is 12.9. The number of halogens is 3. The lowest BCUT2D eigenvalue weighted by Crippen LogP contribution is -2.17. The molecule has 0 amide bonds. The molecular weight excluding hydrogens is 359 g/mol. The van der Waals surface area contributed by atoms with Crippen LogP contribution in [0.5, 0.6) is 11.5 Å². The third kappa shape index (κ3) is 7.62. The van der Waals surface area contributed by atoms with Crippen LogP contribution in [0.1, 0.15) is 24.5 Å². The molecule has 0 aromatic heterocycles. The number of alkyl halides is 3. The minimum Gasteiger partial charge on any atom is -0.498 e. The molecule has 2 aromatic rings. The van der Waals surface area contributed by atoms with Crippen molar-refractivity contribution in [3.63, 3.8) is 0 Å². The first-order valence-corrected chi connectivity index (χ1v) is 8.50. The third-order valence-corrected chi connectivity index (χ3v) is 3.49. The van der Waals surface area contributed by atoms with Crippen LogP contribution in [0.15, 0.2) is 54.3 Å². The zero-order valence-corrected chi connectivity index (χ0v) is 15.0. The lowest BCUT2D eigenvalue weighted by Gasteiger charge is -2.10. The molecule has 0 atom stereocenters. The smallest absolute Gasteiger partial charge is 0.498 e. The summed E-state index contributed by atoms with van der Waals surface area (Å²) in [7, 11) is 0. The summed E-state index contributed by atoms with van der Waals surface area (Å²) in [6, 6.07) is 13.0. The molecule has 0 spiro atoms. The second kappa shape index (κ2) is 9.87. The van der Waals surface area contributed by atoms with Gasteiger partial charge in [-0.15, -0.1) is 13.2 Å². The Bertz CT molecular complexity index is 718. The van der Waals surface area contributed by atoms with Crippen molar-refractivity contribution in [1.29, 1.82) is 0 Å². The molecule has 0 fully saturated rings. The monoisotopic (exact) mass is 381 g/mol. The van der Waals surface area contributed by atoms with Crippen LogP contribution in [0.3, 0.4) is 0 Å². The summed E-state index contributed by atoms with van der Waals surface area (Å²) in [5, 5.41) is 0. The molecule has 27 heavy (non-hydrogen) atoms. The second-order valence-electron chi connectivity index (χ2n) is 5.63. The molecule has 2 aromatic carbocycles. The molecule has 0 aliphatic heterocycles. The highest BCUT2D eigenvalue weighted by Crippen LogP contribution is 2.23. The zero-order valence-electron chi connectivity index (χ0n) is 15.0. The van der Waals surface area contributed by atoms with E-state index in [0.717, 1.165) is 16.9 Å². The van der Waals surface area contributed by atoms with Gasteiger partial charge in [0.2, 0.25) is 0 Å². The van der Waals surface area contributed by atoms with Crippen molar-refractivity contribution in [2.45, 2.75) is 26.3 Å². The second-order valence-corrected chi connectivity index (χ2v) is 5.63.